The van der Waals surface area contributed by atoms with E-state index < -0.39 is 0 Å². The highest BCUT2D eigenvalue weighted by Gasteiger charge is 2.36. The molecule has 3 nitrogen and oxygen atoms in total. The fourth-order valence-corrected chi connectivity index (χ4v) is 3.57. The molecule has 0 spiro atoms. The molecule has 1 aliphatic rings. The van der Waals surface area contributed by atoms with Gasteiger partial charge >= 0.3 is 0 Å². The van der Waals surface area contributed by atoms with Gasteiger partial charge in [-0.15, -0.1) is 0 Å². The van der Waals surface area contributed by atoms with Gasteiger partial charge in [-0.25, -0.2) is 0 Å². The van der Waals surface area contributed by atoms with E-state index >= 15 is 0 Å². The Labute approximate surface area is 126 Å². The van der Waals surface area contributed by atoms with Gasteiger partial charge in [-0.2, -0.15) is 11.8 Å². The molecule has 4 heteroatoms. The van der Waals surface area contributed by atoms with Crippen molar-refractivity contribution in [1.29, 1.82) is 0 Å². The summed E-state index contributed by atoms with van der Waals surface area (Å²) in [5.41, 5.74) is 1.18. The topological polar surface area (TPSA) is 30.5 Å². The molecule has 1 fully saturated rings. The van der Waals surface area contributed by atoms with Gasteiger partial charge in [0.15, 0.2) is 0 Å². The van der Waals surface area contributed by atoms with Gasteiger partial charge < -0.3 is 14.8 Å². The zero-order valence-corrected chi connectivity index (χ0v) is 13.7. The number of methoxy groups -OCH3 is 2. The fraction of sp³-hybridized carbons (Fsp3) is 0.625. The second kappa shape index (κ2) is 6.72. The number of benzene rings is 1. The lowest BCUT2D eigenvalue weighted by Crippen LogP contribution is -2.44. The Morgan fingerprint density at radius 2 is 2.05 bits per heavy atom. The lowest BCUT2D eigenvalue weighted by Gasteiger charge is -2.41. The van der Waals surface area contributed by atoms with E-state index in [9.17, 15) is 0 Å². The molecule has 20 heavy (non-hydrogen) atoms. The van der Waals surface area contributed by atoms with Crippen molar-refractivity contribution in [3.63, 3.8) is 0 Å². The van der Waals surface area contributed by atoms with Crippen LogP contribution in [0.4, 0.5) is 0 Å². The number of nitrogens with one attached hydrogen (secondary N) is 1. The van der Waals surface area contributed by atoms with Gasteiger partial charge in [-0.05, 0) is 32.1 Å². The monoisotopic (exact) mass is 295 g/mol. The maximum absolute atomic E-state index is 5.48. The van der Waals surface area contributed by atoms with Crippen LogP contribution in [-0.4, -0.2) is 31.8 Å². The number of rotatable bonds is 7. The molecule has 0 bridgehead atoms. The molecule has 2 rings (SSSR count). The predicted octanol–water partition coefficient (Wildman–Crippen LogP) is 3.64. The summed E-state index contributed by atoms with van der Waals surface area (Å²) in [5, 5.41) is 3.66. The van der Waals surface area contributed by atoms with Crippen molar-refractivity contribution in [1.82, 2.24) is 5.32 Å². The summed E-state index contributed by atoms with van der Waals surface area (Å²) in [4.78, 5) is 0. The van der Waals surface area contributed by atoms with Crippen molar-refractivity contribution in [2.24, 2.45) is 0 Å². The highest BCUT2D eigenvalue weighted by atomic mass is 32.2. The Bertz CT molecular complexity index is 441. The summed E-state index contributed by atoms with van der Waals surface area (Å²) in [6.45, 7) is 3.25. The van der Waals surface area contributed by atoms with Crippen molar-refractivity contribution >= 4 is 11.8 Å². The molecule has 1 atom stereocenters. The van der Waals surface area contributed by atoms with Crippen LogP contribution >= 0.6 is 11.8 Å². The number of hydrogen-bond acceptors (Lipinski definition) is 4. The first-order valence-corrected chi connectivity index (χ1v) is 8.37. The maximum atomic E-state index is 5.48. The third-order valence-corrected chi connectivity index (χ3v) is 5.75. The van der Waals surface area contributed by atoms with Gasteiger partial charge in [0.05, 0.1) is 14.2 Å². The van der Waals surface area contributed by atoms with Crippen LogP contribution in [0.2, 0.25) is 0 Å². The van der Waals surface area contributed by atoms with Crippen LogP contribution in [0.5, 0.6) is 11.5 Å². The summed E-state index contributed by atoms with van der Waals surface area (Å²) in [6, 6.07) is 6.30. The Morgan fingerprint density at radius 1 is 1.30 bits per heavy atom. The van der Waals surface area contributed by atoms with E-state index in [1.807, 2.05) is 23.9 Å². The summed E-state index contributed by atoms with van der Waals surface area (Å²) >= 11 is 2.00. The highest BCUT2D eigenvalue weighted by molar-refractivity contribution is 8.00. The molecule has 0 saturated heterocycles. The Morgan fingerprint density at radius 3 is 2.55 bits per heavy atom. The largest absolute Gasteiger partial charge is 0.497 e. The fourth-order valence-electron chi connectivity index (χ4n) is 2.65. The summed E-state index contributed by atoms with van der Waals surface area (Å²) in [6.07, 6.45) is 6.24. The quantitative estimate of drug-likeness (QED) is 0.832. The SMILES string of the molecule is COc1ccc(C(C)NCC2(SC)CCC2)c(OC)c1. The Hall–Kier alpha value is -0.870. The van der Waals surface area contributed by atoms with Crippen molar-refractivity contribution in [2.75, 3.05) is 27.0 Å². The van der Waals surface area contributed by atoms with E-state index in [2.05, 4.69) is 24.6 Å². The van der Waals surface area contributed by atoms with Gasteiger partial charge in [-0.1, -0.05) is 12.5 Å². The Kier molecular flexibility index (Phi) is 5.22. The predicted molar refractivity (Wildman–Crippen MR) is 86.1 cm³/mol. The zero-order valence-electron chi connectivity index (χ0n) is 12.9. The molecule has 1 aromatic rings. The van der Waals surface area contributed by atoms with Crippen LogP contribution in [0.3, 0.4) is 0 Å². The molecule has 0 aromatic heterocycles. The lowest BCUT2D eigenvalue weighted by atomic mass is 9.84. The van der Waals surface area contributed by atoms with Crippen LogP contribution in [-0.2, 0) is 0 Å². The molecule has 1 aliphatic carbocycles. The van der Waals surface area contributed by atoms with Crippen LogP contribution in [0.1, 0.15) is 37.8 Å². The molecular formula is C16H25NO2S. The molecule has 1 N–H and O–H groups in total. The van der Waals surface area contributed by atoms with E-state index in [4.69, 9.17) is 9.47 Å². The third kappa shape index (κ3) is 3.23. The molecular weight excluding hydrogens is 270 g/mol. The summed E-state index contributed by atoms with van der Waals surface area (Å²) in [5.74, 6) is 1.72. The molecule has 0 radical (unpaired) electrons. The normalized spacial score (nSPS) is 18.2. The van der Waals surface area contributed by atoms with Crippen molar-refractivity contribution < 1.29 is 9.47 Å². The number of thioether (sulfide) groups is 1. The summed E-state index contributed by atoms with van der Waals surface area (Å²) in [7, 11) is 3.38. The molecule has 1 saturated carbocycles. The van der Waals surface area contributed by atoms with Crippen molar-refractivity contribution in [3.8, 4) is 11.5 Å². The zero-order chi connectivity index (χ0) is 14.6. The lowest BCUT2D eigenvalue weighted by molar-refractivity contribution is 0.330. The average Bonchev–Trinajstić information content (AvgIpc) is 2.45. The van der Waals surface area contributed by atoms with E-state index in [-0.39, 0.29) is 6.04 Å². The highest BCUT2D eigenvalue weighted by Crippen LogP contribution is 2.42. The second-order valence-electron chi connectivity index (χ2n) is 5.45. The number of ether oxygens (including phenoxy) is 2. The van der Waals surface area contributed by atoms with Gasteiger partial charge in [0.25, 0.3) is 0 Å². The minimum absolute atomic E-state index is 0.278. The molecule has 0 aliphatic heterocycles. The summed E-state index contributed by atoms with van der Waals surface area (Å²) < 4.78 is 11.2. The smallest absolute Gasteiger partial charge is 0.127 e. The minimum Gasteiger partial charge on any atom is -0.497 e. The van der Waals surface area contributed by atoms with Crippen LogP contribution in [0.25, 0.3) is 0 Å². The van der Waals surface area contributed by atoms with Crippen molar-refractivity contribution in [3.05, 3.63) is 23.8 Å². The van der Waals surface area contributed by atoms with Crippen LogP contribution in [0, 0.1) is 0 Å². The van der Waals surface area contributed by atoms with Gasteiger partial charge in [0, 0.05) is 29.0 Å². The standard InChI is InChI=1S/C16H25NO2S/c1-12(17-11-16(20-4)8-5-9-16)14-7-6-13(18-2)10-15(14)19-3/h6-7,10,12,17H,5,8-9,11H2,1-4H3. The van der Waals surface area contributed by atoms with Gasteiger partial charge in [0.1, 0.15) is 11.5 Å². The van der Waals surface area contributed by atoms with Gasteiger partial charge in [0.2, 0.25) is 0 Å². The molecule has 1 aromatic carbocycles. The minimum atomic E-state index is 0.278. The van der Waals surface area contributed by atoms with Crippen LogP contribution in [0.15, 0.2) is 18.2 Å². The van der Waals surface area contributed by atoms with Crippen LogP contribution < -0.4 is 14.8 Å². The molecule has 112 valence electrons. The molecule has 0 amide bonds. The third-order valence-electron chi connectivity index (χ3n) is 4.34. The van der Waals surface area contributed by atoms with Gasteiger partial charge in [-0.3, -0.25) is 0 Å². The van der Waals surface area contributed by atoms with E-state index in [0.717, 1.165) is 18.0 Å². The average molecular weight is 295 g/mol. The molecule has 0 heterocycles. The number of hydrogen-bond donors (Lipinski definition) is 1. The van der Waals surface area contributed by atoms with Crippen molar-refractivity contribution in [2.45, 2.75) is 37.0 Å². The first-order valence-electron chi connectivity index (χ1n) is 7.14. The molecule has 1 unspecified atom stereocenters. The first kappa shape index (κ1) is 15.5. The second-order valence-corrected chi connectivity index (χ2v) is 6.73. The Balaban J connectivity index is 2.03. The first-order chi connectivity index (χ1) is 9.64. The van der Waals surface area contributed by atoms with E-state index in [0.29, 0.717) is 4.75 Å². The van der Waals surface area contributed by atoms with E-state index in [1.54, 1.807) is 14.2 Å². The maximum Gasteiger partial charge on any atom is 0.127 e. The van der Waals surface area contributed by atoms with E-state index in [1.165, 1.54) is 24.8 Å².